The quantitative estimate of drug-likeness (QED) is 0.503. The third-order valence-corrected chi connectivity index (χ3v) is 4.42. The zero-order valence-electron chi connectivity index (χ0n) is 16.1. The second-order valence-electron chi connectivity index (χ2n) is 6.54. The van der Waals surface area contributed by atoms with E-state index in [4.69, 9.17) is 4.74 Å². The third-order valence-electron chi connectivity index (χ3n) is 4.42. The first-order valence-electron chi connectivity index (χ1n) is 9.24. The maximum absolute atomic E-state index is 12.5. The van der Waals surface area contributed by atoms with E-state index < -0.39 is 0 Å². The van der Waals surface area contributed by atoms with E-state index in [1.54, 1.807) is 22.7 Å². The van der Waals surface area contributed by atoms with Crippen molar-refractivity contribution in [1.29, 1.82) is 0 Å². The summed E-state index contributed by atoms with van der Waals surface area (Å²) in [6.07, 6.45) is 0. The topological polar surface area (TPSA) is 88.8 Å². The lowest BCUT2D eigenvalue weighted by Gasteiger charge is -2.06. The van der Waals surface area contributed by atoms with E-state index in [0.29, 0.717) is 17.9 Å². The zero-order chi connectivity index (χ0) is 20.4. The van der Waals surface area contributed by atoms with Crippen molar-refractivity contribution in [2.75, 3.05) is 11.9 Å². The van der Waals surface area contributed by atoms with E-state index >= 15 is 0 Å². The van der Waals surface area contributed by atoms with Crippen molar-refractivity contribution in [3.63, 3.8) is 0 Å². The second kappa shape index (κ2) is 7.63. The monoisotopic (exact) mass is 388 g/mol. The fourth-order valence-electron chi connectivity index (χ4n) is 3.01. The molecule has 2 aromatic carbocycles. The van der Waals surface area contributed by atoms with Crippen molar-refractivity contribution >= 4 is 17.2 Å². The minimum absolute atomic E-state index is 0.136. The molecule has 4 rings (SSSR count). The Morgan fingerprint density at radius 3 is 2.52 bits per heavy atom. The largest absolute Gasteiger partial charge is 0.508 e. The summed E-state index contributed by atoms with van der Waals surface area (Å²) in [5.41, 5.74) is 4.04. The van der Waals surface area contributed by atoms with Crippen LogP contribution < -0.4 is 10.1 Å². The number of fused-ring (bicyclic) bond motifs is 1. The van der Waals surface area contributed by atoms with Gasteiger partial charge in [0.2, 0.25) is 0 Å². The molecular weight excluding hydrogens is 368 g/mol. The van der Waals surface area contributed by atoms with Crippen molar-refractivity contribution in [2.45, 2.75) is 13.8 Å². The average Bonchev–Trinajstić information content (AvgIpc) is 3.16. The molecule has 0 fully saturated rings. The first-order valence-corrected chi connectivity index (χ1v) is 9.24. The highest BCUT2D eigenvalue weighted by molar-refractivity contribution is 6.03. The SMILES string of the molecule is CCOc1ccc(-c2cc(C)n3nc(C(=O)Nc4ccc(O)cc4)cc3n2)cc1. The van der Waals surface area contributed by atoms with E-state index in [1.807, 2.05) is 44.2 Å². The summed E-state index contributed by atoms with van der Waals surface area (Å²) in [6, 6.07) is 17.6. The maximum Gasteiger partial charge on any atom is 0.276 e. The van der Waals surface area contributed by atoms with Gasteiger partial charge in [-0.15, -0.1) is 0 Å². The van der Waals surface area contributed by atoms with Crippen LogP contribution in [0.25, 0.3) is 16.9 Å². The summed E-state index contributed by atoms with van der Waals surface area (Å²) >= 11 is 0. The number of rotatable bonds is 5. The van der Waals surface area contributed by atoms with E-state index in [0.717, 1.165) is 22.7 Å². The molecular formula is C22H20N4O3. The number of nitrogens with zero attached hydrogens (tertiary/aromatic N) is 3. The van der Waals surface area contributed by atoms with Crippen LogP contribution in [0.5, 0.6) is 11.5 Å². The predicted octanol–water partition coefficient (Wildman–Crippen LogP) is 4.06. The van der Waals surface area contributed by atoms with Crippen LogP contribution in [0.2, 0.25) is 0 Å². The summed E-state index contributed by atoms with van der Waals surface area (Å²) < 4.78 is 7.13. The lowest BCUT2D eigenvalue weighted by molar-refractivity contribution is 0.102. The molecule has 0 aliphatic carbocycles. The number of hydrogen-bond acceptors (Lipinski definition) is 5. The van der Waals surface area contributed by atoms with Gasteiger partial charge < -0.3 is 15.2 Å². The summed E-state index contributed by atoms with van der Waals surface area (Å²) in [4.78, 5) is 17.2. The molecule has 2 N–H and O–H groups in total. The van der Waals surface area contributed by atoms with Gasteiger partial charge in [-0.25, -0.2) is 9.50 Å². The molecule has 0 aliphatic heterocycles. The average molecular weight is 388 g/mol. The molecule has 1 amide bonds. The number of anilines is 1. The maximum atomic E-state index is 12.5. The Morgan fingerprint density at radius 2 is 1.83 bits per heavy atom. The molecule has 7 nitrogen and oxygen atoms in total. The number of hydrogen-bond donors (Lipinski definition) is 2. The Kier molecular flexibility index (Phi) is 4.87. The first-order chi connectivity index (χ1) is 14.0. The number of carbonyl (C=O) groups is 1. The molecule has 2 aromatic heterocycles. The number of aryl methyl sites for hydroxylation is 1. The first kappa shape index (κ1) is 18.5. The summed E-state index contributed by atoms with van der Waals surface area (Å²) in [6.45, 7) is 4.48. The molecule has 4 aromatic rings. The van der Waals surface area contributed by atoms with Gasteiger partial charge in [-0.1, -0.05) is 0 Å². The van der Waals surface area contributed by atoms with Gasteiger partial charge in [-0.05, 0) is 68.4 Å². The molecule has 7 heteroatoms. The van der Waals surface area contributed by atoms with Crippen LogP contribution in [0.3, 0.4) is 0 Å². The van der Waals surface area contributed by atoms with Gasteiger partial charge in [0.25, 0.3) is 5.91 Å². The standard InChI is InChI=1S/C22H20N4O3/c1-3-29-18-10-4-15(5-11-18)19-12-14(2)26-21(24-19)13-20(25-26)22(28)23-16-6-8-17(27)9-7-16/h4-13,27H,3H2,1-2H3,(H,23,28). The fraction of sp³-hybridized carbons (Fsp3) is 0.136. The molecule has 0 aliphatic rings. The van der Waals surface area contributed by atoms with E-state index in [2.05, 4.69) is 15.4 Å². The fourth-order valence-corrected chi connectivity index (χ4v) is 3.01. The highest BCUT2D eigenvalue weighted by atomic mass is 16.5. The highest BCUT2D eigenvalue weighted by Gasteiger charge is 2.14. The highest BCUT2D eigenvalue weighted by Crippen LogP contribution is 2.23. The van der Waals surface area contributed by atoms with Gasteiger partial charge in [0.05, 0.1) is 12.3 Å². The van der Waals surface area contributed by atoms with Crippen molar-refractivity contribution in [3.8, 4) is 22.8 Å². The van der Waals surface area contributed by atoms with Crippen LogP contribution in [0.15, 0.2) is 60.7 Å². The van der Waals surface area contributed by atoms with Gasteiger partial charge in [0.15, 0.2) is 11.3 Å². The number of aromatic nitrogens is 3. The Labute approximate surface area is 167 Å². The lowest BCUT2D eigenvalue weighted by atomic mass is 10.1. The normalized spacial score (nSPS) is 10.8. The van der Waals surface area contributed by atoms with Gasteiger partial charge in [-0.2, -0.15) is 5.10 Å². The van der Waals surface area contributed by atoms with Crippen LogP contribution in [0.4, 0.5) is 5.69 Å². The number of aromatic hydroxyl groups is 1. The van der Waals surface area contributed by atoms with E-state index in [1.165, 1.54) is 12.1 Å². The van der Waals surface area contributed by atoms with Crippen LogP contribution >= 0.6 is 0 Å². The molecule has 0 bridgehead atoms. The van der Waals surface area contributed by atoms with Crippen molar-refractivity contribution in [3.05, 3.63) is 72.1 Å². The van der Waals surface area contributed by atoms with Crippen LogP contribution in [-0.2, 0) is 0 Å². The number of ether oxygens (including phenoxy) is 1. The van der Waals surface area contributed by atoms with Crippen molar-refractivity contribution < 1.29 is 14.6 Å². The molecule has 2 heterocycles. The third kappa shape index (κ3) is 3.89. The molecule has 0 saturated heterocycles. The van der Waals surface area contributed by atoms with Gasteiger partial charge in [0, 0.05) is 23.0 Å². The lowest BCUT2D eigenvalue weighted by Crippen LogP contribution is -2.12. The summed E-state index contributed by atoms with van der Waals surface area (Å²) in [5, 5.41) is 16.5. The van der Waals surface area contributed by atoms with Gasteiger partial charge in [-0.3, -0.25) is 4.79 Å². The van der Waals surface area contributed by atoms with Crippen molar-refractivity contribution in [1.82, 2.24) is 14.6 Å². The molecule has 0 atom stereocenters. The number of amides is 1. The Balaban J connectivity index is 1.62. The second-order valence-corrected chi connectivity index (χ2v) is 6.54. The summed E-state index contributed by atoms with van der Waals surface area (Å²) in [7, 11) is 0. The van der Waals surface area contributed by atoms with E-state index in [9.17, 15) is 9.90 Å². The predicted molar refractivity (Wildman–Crippen MR) is 110 cm³/mol. The van der Waals surface area contributed by atoms with E-state index in [-0.39, 0.29) is 17.4 Å². The number of phenolic OH excluding ortho intramolecular Hbond substituents is 1. The Bertz CT molecular complexity index is 1170. The summed E-state index contributed by atoms with van der Waals surface area (Å²) in [5.74, 6) is 0.604. The Morgan fingerprint density at radius 1 is 1.10 bits per heavy atom. The molecule has 29 heavy (non-hydrogen) atoms. The molecule has 0 radical (unpaired) electrons. The van der Waals surface area contributed by atoms with Crippen LogP contribution in [0.1, 0.15) is 23.1 Å². The zero-order valence-corrected chi connectivity index (χ0v) is 16.1. The number of benzene rings is 2. The number of carbonyl (C=O) groups excluding carboxylic acids is 1. The number of nitrogens with one attached hydrogen (secondary N) is 1. The molecule has 0 saturated carbocycles. The van der Waals surface area contributed by atoms with Gasteiger partial charge in [0.1, 0.15) is 11.5 Å². The smallest absolute Gasteiger partial charge is 0.276 e. The van der Waals surface area contributed by atoms with Crippen molar-refractivity contribution in [2.24, 2.45) is 0 Å². The Hall–Kier alpha value is -3.87. The molecule has 0 unspecified atom stereocenters. The minimum atomic E-state index is -0.344. The van der Waals surface area contributed by atoms with Crippen LogP contribution in [-0.4, -0.2) is 32.2 Å². The van der Waals surface area contributed by atoms with Gasteiger partial charge >= 0.3 is 0 Å². The number of phenols is 1. The molecule has 146 valence electrons. The molecule has 0 spiro atoms. The van der Waals surface area contributed by atoms with Crippen LogP contribution in [0, 0.1) is 6.92 Å². The minimum Gasteiger partial charge on any atom is -0.508 e.